The number of anilines is 1. The molecule has 0 aromatic heterocycles. The van der Waals surface area contributed by atoms with Crippen molar-refractivity contribution in [1.29, 1.82) is 0 Å². The van der Waals surface area contributed by atoms with Gasteiger partial charge >= 0.3 is 12.1 Å². The summed E-state index contributed by atoms with van der Waals surface area (Å²) in [5.74, 6) is -1.24. The summed E-state index contributed by atoms with van der Waals surface area (Å²) in [4.78, 5) is 28.0. The van der Waals surface area contributed by atoms with Crippen LogP contribution < -0.4 is 4.90 Å². The molecular weight excluding hydrogens is 421 g/mol. The van der Waals surface area contributed by atoms with Crippen LogP contribution in [-0.2, 0) is 11.0 Å². The van der Waals surface area contributed by atoms with E-state index in [2.05, 4.69) is 4.90 Å². The third-order valence-electron chi connectivity index (χ3n) is 6.11. The van der Waals surface area contributed by atoms with Crippen LogP contribution in [-0.4, -0.2) is 48.6 Å². The number of aliphatic carboxylic acids is 1. The van der Waals surface area contributed by atoms with E-state index in [1.54, 1.807) is 4.90 Å². The molecular formula is C24H27F3N2O3. The summed E-state index contributed by atoms with van der Waals surface area (Å²) in [6.07, 6.45) is -3.15. The van der Waals surface area contributed by atoms with Gasteiger partial charge < -0.3 is 14.9 Å². The fraction of sp³-hybridized carbons (Fsp3) is 0.417. The van der Waals surface area contributed by atoms with Gasteiger partial charge in [0.1, 0.15) is 0 Å². The second-order valence-electron chi connectivity index (χ2n) is 8.28. The van der Waals surface area contributed by atoms with Crippen molar-refractivity contribution in [2.45, 2.75) is 25.4 Å². The lowest BCUT2D eigenvalue weighted by Crippen LogP contribution is -2.45. The van der Waals surface area contributed by atoms with Crippen molar-refractivity contribution in [2.24, 2.45) is 11.8 Å². The third kappa shape index (κ3) is 6.02. The number of carboxylic acids is 1. The van der Waals surface area contributed by atoms with Gasteiger partial charge in [-0.2, -0.15) is 13.2 Å². The number of rotatable bonds is 7. The number of amides is 1. The molecule has 172 valence electrons. The molecule has 8 heteroatoms. The van der Waals surface area contributed by atoms with Crippen molar-refractivity contribution in [2.75, 3.05) is 31.6 Å². The van der Waals surface area contributed by atoms with Crippen molar-refractivity contribution in [3.8, 4) is 0 Å². The summed E-state index contributed by atoms with van der Waals surface area (Å²) in [7, 11) is 1.97. The number of benzene rings is 2. The van der Waals surface area contributed by atoms with E-state index in [1.807, 2.05) is 37.4 Å². The Hall–Kier alpha value is -3.03. The molecule has 2 atom stereocenters. The minimum Gasteiger partial charge on any atom is -0.481 e. The van der Waals surface area contributed by atoms with Gasteiger partial charge in [0.05, 0.1) is 5.56 Å². The maximum Gasteiger partial charge on any atom is 0.416 e. The van der Waals surface area contributed by atoms with Crippen molar-refractivity contribution in [1.82, 2.24) is 4.90 Å². The molecule has 2 aromatic rings. The average molecular weight is 448 g/mol. The predicted octanol–water partition coefficient (Wildman–Crippen LogP) is 4.78. The number of para-hydroxylation sites is 1. The fourth-order valence-corrected chi connectivity index (χ4v) is 4.24. The van der Waals surface area contributed by atoms with Crippen molar-refractivity contribution in [3.05, 3.63) is 65.7 Å². The number of likely N-dealkylation sites (tertiary alicyclic amines) is 1. The summed E-state index contributed by atoms with van der Waals surface area (Å²) < 4.78 is 38.4. The number of carboxylic acid groups (broad SMARTS) is 1. The highest BCUT2D eigenvalue weighted by Gasteiger charge is 2.34. The molecule has 1 saturated heterocycles. The summed E-state index contributed by atoms with van der Waals surface area (Å²) in [6.45, 7) is 1.48. The lowest BCUT2D eigenvalue weighted by Gasteiger charge is -2.39. The highest BCUT2D eigenvalue weighted by molar-refractivity contribution is 5.94. The second kappa shape index (κ2) is 10.1. The van der Waals surface area contributed by atoms with E-state index >= 15 is 0 Å². The van der Waals surface area contributed by atoms with Crippen LogP contribution in [0.25, 0.3) is 0 Å². The van der Waals surface area contributed by atoms with E-state index in [1.165, 1.54) is 12.1 Å². The van der Waals surface area contributed by atoms with Gasteiger partial charge in [0, 0.05) is 44.4 Å². The molecule has 1 amide bonds. The summed E-state index contributed by atoms with van der Waals surface area (Å²) >= 11 is 0. The third-order valence-corrected chi connectivity index (χ3v) is 6.11. The van der Waals surface area contributed by atoms with Gasteiger partial charge in [0.2, 0.25) is 0 Å². The quantitative estimate of drug-likeness (QED) is 0.662. The zero-order valence-corrected chi connectivity index (χ0v) is 17.9. The minimum absolute atomic E-state index is 0.00980. The maximum absolute atomic E-state index is 12.9. The molecule has 0 saturated carbocycles. The predicted molar refractivity (Wildman–Crippen MR) is 116 cm³/mol. The lowest BCUT2D eigenvalue weighted by atomic mass is 9.81. The molecule has 0 bridgehead atoms. The zero-order valence-electron chi connectivity index (χ0n) is 17.9. The number of carbonyl (C=O) groups excluding carboxylic acids is 1. The molecule has 1 aliphatic heterocycles. The lowest BCUT2D eigenvalue weighted by molar-refractivity contribution is -0.139. The summed E-state index contributed by atoms with van der Waals surface area (Å²) in [6, 6.07) is 14.1. The Labute approximate surface area is 185 Å². The number of halogens is 3. The van der Waals surface area contributed by atoms with Crippen LogP contribution in [0.15, 0.2) is 54.6 Å². The molecule has 0 aliphatic carbocycles. The molecule has 0 radical (unpaired) electrons. The molecule has 1 heterocycles. The Bertz CT molecular complexity index is 916. The Morgan fingerprint density at radius 1 is 1.06 bits per heavy atom. The van der Waals surface area contributed by atoms with Gasteiger partial charge in [0.15, 0.2) is 0 Å². The molecule has 3 rings (SSSR count). The van der Waals surface area contributed by atoms with E-state index in [-0.39, 0.29) is 29.7 Å². The fourth-order valence-electron chi connectivity index (χ4n) is 4.24. The zero-order chi connectivity index (χ0) is 23.3. The van der Waals surface area contributed by atoms with Crippen molar-refractivity contribution >= 4 is 17.6 Å². The Morgan fingerprint density at radius 2 is 1.72 bits per heavy atom. The highest BCUT2D eigenvalue weighted by Crippen LogP contribution is 2.32. The smallest absolute Gasteiger partial charge is 0.416 e. The van der Waals surface area contributed by atoms with Gasteiger partial charge in [-0.3, -0.25) is 9.59 Å². The topological polar surface area (TPSA) is 60.9 Å². The first kappa shape index (κ1) is 23.6. The molecule has 32 heavy (non-hydrogen) atoms. The van der Waals surface area contributed by atoms with E-state index in [0.717, 1.165) is 17.8 Å². The van der Waals surface area contributed by atoms with Gasteiger partial charge in [-0.1, -0.05) is 18.2 Å². The molecule has 5 nitrogen and oxygen atoms in total. The molecule has 2 unspecified atom stereocenters. The van der Waals surface area contributed by atoms with Crippen LogP contribution in [0.1, 0.15) is 35.2 Å². The number of carbonyl (C=O) groups is 2. The number of hydrogen-bond acceptors (Lipinski definition) is 3. The van der Waals surface area contributed by atoms with E-state index in [9.17, 15) is 27.9 Å². The van der Waals surface area contributed by atoms with Crippen molar-refractivity contribution in [3.63, 3.8) is 0 Å². The Morgan fingerprint density at radius 3 is 2.31 bits per heavy atom. The molecule has 1 aliphatic rings. The van der Waals surface area contributed by atoms with Crippen LogP contribution in [0.2, 0.25) is 0 Å². The van der Waals surface area contributed by atoms with Crippen molar-refractivity contribution < 1.29 is 27.9 Å². The van der Waals surface area contributed by atoms with Gasteiger partial charge in [-0.25, -0.2) is 0 Å². The van der Waals surface area contributed by atoms with Crippen LogP contribution in [0, 0.1) is 11.8 Å². The average Bonchev–Trinajstić information content (AvgIpc) is 2.77. The van der Waals surface area contributed by atoms with Gasteiger partial charge in [-0.15, -0.1) is 0 Å². The number of hydrogen-bond donors (Lipinski definition) is 1. The standard InChI is InChI=1S/C24H27F3N2O3/c1-28(21-5-3-2-4-6-21)13-11-19-16-29(14-12-18(19)15-22(30)31)23(32)17-7-9-20(10-8-17)24(25,26)27/h2-10,18-19H,11-16H2,1H3,(H,30,31). The molecule has 2 aromatic carbocycles. The first-order chi connectivity index (χ1) is 15.1. The van der Waals surface area contributed by atoms with E-state index in [0.29, 0.717) is 32.5 Å². The summed E-state index contributed by atoms with van der Waals surface area (Å²) in [5.41, 5.74) is 0.460. The van der Waals surface area contributed by atoms with Crippen LogP contribution >= 0.6 is 0 Å². The van der Waals surface area contributed by atoms with E-state index < -0.39 is 17.7 Å². The maximum atomic E-state index is 12.9. The normalized spacial score (nSPS) is 18.9. The van der Waals surface area contributed by atoms with Gasteiger partial charge in [-0.05, 0) is 61.1 Å². The second-order valence-corrected chi connectivity index (χ2v) is 8.28. The minimum atomic E-state index is -4.45. The molecule has 1 N–H and O–H groups in total. The van der Waals surface area contributed by atoms with Gasteiger partial charge in [0.25, 0.3) is 5.91 Å². The largest absolute Gasteiger partial charge is 0.481 e. The SMILES string of the molecule is CN(CCC1CN(C(=O)c2ccc(C(F)(F)F)cc2)CCC1CC(=O)O)c1ccccc1. The number of alkyl halides is 3. The first-order valence-corrected chi connectivity index (χ1v) is 10.6. The number of piperidine rings is 1. The monoisotopic (exact) mass is 448 g/mol. The Kier molecular flexibility index (Phi) is 7.43. The number of nitrogens with zero attached hydrogens (tertiary/aromatic N) is 2. The summed E-state index contributed by atoms with van der Waals surface area (Å²) in [5, 5.41) is 9.30. The molecule has 1 fully saturated rings. The van der Waals surface area contributed by atoms with E-state index in [4.69, 9.17) is 0 Å². The Balaban J connectivity index is 1.68. The highest BCUT2D eigenvalue weighted by atomic mass is 19.4. The molecule has 0 spiro atoms. The van der Waals surface area contributed by atoms with Crippen LogP contribution in [0.4, 0.5) is 18.9 Å². The van der Waals surface area contributed by atoms with Crippen LogP contribution in [0.5, 0.6) is 0 Å². The van der Waals surface area contributed by atoms with Crippen LogP contribution in [0.3, 0.4) is 0 Å². The first-order valence-electron chi connectivity index (χ1n) is 10.6.